The van der Waals surface area contributed by atoms with Crippen LogP contribution in [0.2, 0.25) is 0 Å². The normalized spacial score (nSPS) is 37.0. The van der Waals surface area contributed by atoms with Crippen molar-refractivity contribution in [2.24, 2.45) is 16.7 Å². The first-order chi connectivity index (χ1) is 12.9. The molecule has 1 amide bonds. The van der Waals surface area contributed by atoms with Crippen LogP contribution in [0.1, 0.15) is 51.9 Å². The van der Waals surface area contributed by atoms with Crippen molar-refractivity contribution in [3.8, 4) is 0 Å². The molecule has 4 saturated carbocycles. The summed E-state index contributed by atoms with van der Waals surface area (Å²) in [5.41, 5.74) is 0.440. The third kappa shape index (κ3) is 2.72. The molecule has 1 aromatic carbocycles. The van der Waals surface area contributed by atoms with Crippen LogP contribution in [0.4, 0.5) is 0 Å². The van der Waals surface area contributed by atoms with Crippen LogP contribution in [-0.4, -0.2) is 27.7 Å². The standard InChI is InChI=1S/C23H30N2O2/c1-2-21-11-17-12-22(14-21,16-23(27,13-17)15-21)20(26)24-8-10-25-9-7-18-5-3-4-6-19(18)25/h3-7,9,17,27H,2,8,10-16H2,1H3,(H,24,26). The Hall–Kier alpha value is -1.81. The Balaban J connectivity index is 1.30. The summed E-state index contributed by atoms with van der Waals surface area (Å²) in [5.74, 6) is 0.699. The molecule has 6 rings (SSSR count). The first-order valence-electron chi connectivity index (χ1n) is 10.5. The van der Waals surface area contributed by atoms with Gasteiger partial charge in [-0.25, -0.2) is 0 Å². The second kappa shape index (κ2) is 5.84. The van der Waals surface area contributed by atoms with Gasteiger partial charge >= 0.3 is 0 Å². The zero-order valence-electron chi connectivity index (χ0n) is 16.2. The fraction of sp³-hybridized carbons (Fsp3) is 0.609. The third-order valence-corrected chi connectivity index (χ3v) is 7.70. The summed E-state index contributed by atoms with van der Waals surface area (Å²) in [6.45, 7) is 3.66. The highest BCUT2D eigenvalue weighted by Crippen LogP contribution is 2.67. The maximum Gasteiger partial charge on any atom is 0.226 e. The Morgan fingerprint density at radius 1 is 1.19 bits per heavy atom. The van der Waals surface area contributed by atoms with Crippen molar-refractivity contribution in [1.82, 2.24) is 9.88 Å². The van der Waals surface area contributed by atoms with Gasteiger partial charge in [0.1, 0.15) is 0 Å². The zero-order chi connectivity index (χ0) is 18.7. The summed E-state index contributed by atoms with van der Waals surface area (Å²) in [4.78, 5) is 13.3. The molecule has 4 nitrogen and oxygen atoms in total. The van der Waals surface area contributed by atoms with Crippen LogP contribution in [0.25, 0.3) is 10.9 Å². The van der Waals surface area contributed by atoms with E-state index in [9.17, 15) is 9.90 Å². The molecule has 0 saturated heterocycles. The SMILES string of the molecule is CCC12CC3CC(O)(C1)CC(C(=O)NCCn1ccc4ccccc41)(C3)C2. The summed E-state index contributed by atoms with van der Waals surface area (Å²) < 4.78 is 2.20. The summed E-state index contributed by atoms with van der Waals surface area (Å²) in [6.07, 6.45) is 8.78. The van der Waals surface area contributed by atoms with Crippen molar-refractivity contribution in [3.05, 3.63) is 36.5 Å². The number of aromatic nitrogens is 1. The average molecular weight is 367 g/mol. The number of rotatable bonds is 5. The predicted molar refractivity (Wildman–Crippen MR) is 106 cm³/mol. The molecule has 1 aromatic heterocycles. The molecule has 0 aliphatic heterocycles. The Kier molecular flexibility index (Phi) is 3.74. The Bertz CT molecular complexity index is 889. The van der Waals surface area contributed by atoms with E-state index in [0.717, 1.165) is 38.6 Å². The molecule has 4 bridgehead atoms. The van der Waals surface area contributed by atoms with Crippen LogP contribution >= 0.6 is 0 Å². The van der Waals surface area contributed by atoms with Crippen molar-refractivity contribution in [2.45, 2.75) is 64.0 Å². The van der Waals surface area contributed by atoms with Crippen molar-refractivity contribution in [2.75, 3.05) is 6.54 Å². The van der Waals surface area contributed by atoms with Gasteiger partial charge in [-0.2, -0.15) is 0 Å². The maximum absolute atomic E-state index is 13.3. The number of amides is 1. The third-order valence-electron chi connectivity index (χ3n) is 7.70. The lowest BCUT2D eigenvalue weighted by atomic mass is 9.42. The molecule has 4 aliphatic rings. The quantitative estimate of drug-likeness (QED) is 0.844. The largest absolute Gasteiger partial charge is 0.390 e. The lowest BCUT2D eigenvalue weighted by Crippen LogP contribution is -2.63. The van der Waals surface area contributed by atoms with Crippen molar-refractivity contribution < 1.29 is 9.90 Å². The van der Waals surface area contributed by atoms with Gasteiger partial charge in [0, 0.05) is 24.8 Å². The van der Waals surface area contributed by atoms with Crippen LogP contribution in [0.5, 0.6) is 0 Å². The van der Waals surface area contributed by atoms with Gasteiger partial charge in [-0.05, 0) is 67.4 Å². The monoisotopic (exact) mass is 366 g/mol. The van der Waals surface area contributed by atoms with E-state index in [-0.39, 0.29) is 16.7 Å². The van der Waals surface area contributed by atoms with Gasteiger partial charge in [-0.1, -0.05) is 31.5 Å². The number of para-hydroxylation sites is 1. The summed E-state index contributed by atoms with van der Waals surface area (Å²) in [6, 6.07) is 10.5. The molecule has 0 radical (unpaired) electrons. The lowest BCUT2D eigenvalue weighted by Gasteiger charge is -2.64. The van der Waals surface area contributed by atoms with E-state index in [1.54, 1.807) is 0 Å². The molecule has 4 fully saturated rings. The molecular formula is C23H30N2O2. The highest BCUT2D eigenvalue weighted by molar-refractivity contribution is 5.83. The van der Waals surface area contributed by atoms with E-state index in [1.807, 2.05) is 0 Å². The molecule has 2 aromatic rings. The fourth-order valence-electron chi connectivity index (χ4n) is 7.05. The number of benzene rings is 1. The Morgan fingerprint density at radius 2 is 2.04 bits per heavy atom. The first-order valence-corrected chi connectivity index (χ1v) is 10.5. The van der Waals surface area contributed by atoms with Crippen molar-refractivity contribution in [3.63, 3.8) is 0 Å². The molecule has 27 heavy (non-hydrogen) atoms. The number of carbonyl (C=O) groups is 1. The van der Waals surface area contributed by atoms with E-state index < -0.39 is 5.60 Å². The van der Waals surface area contributed by atoms with E-state index in [1.165, 1.54) is 17.3 Å². The topological polar surface area (TPSA) is 54.3 Å². The van der Waals surface area contributed by atoms with Gasteiger partial charge in [0.15, 0.2) is 0 Å². The molecule has 4 aliphatic carbocycles. The van der Waals surface area contributed by atoms with E-state index in [4.69, 9.17) is 0 Å². The molecule has 2 N–H and O–H groups in total. The van der Waals surface area contributed by atoms with Gasteiger partial charge in [-0.15, -0.1) is 0 Å². The predicted octanol–water partition coefficient (Wildman–Crippen LogP) is 3.87. The second-order valence-corrected chi connectivity index (χ2v) is 9.69. The van der Waals surface area contributed by atoms with Crippen LogP contribution in [-0.2, 0) is 11.3 Å². The number of hydrogen-bond donors (Lipinski definition) is 2. The highest BCUT2D eigenvalue weighted by atomic mass is 16.3. The number of carbonyl (C=O) groups excluding carboxylic acids is 1. The number of fused-ring (bicyclic) bond motifs is 1. The summed E-state index contributed by atoms with van der Waals surface area (Å²) in [7, 11) is 0. The van der Waals surface area contributed by atoms with Gasteiger partial charge < -0.3 is 15.0 Å². The molecule has 1 heterocycles. The number of aliphatic hydroxyl groups is 1. The lowest BCUT2D eigenvalue weighted by molar-refractivity contribution is -0.204. The number of nitrogens with zero attached hydrogens (tertiary/aromatic N) is 1. The maximum atomic E-state index is 13.3. The minimum atomic E-state index is -0.608. The van der Waals surface area contributed by atoms with Crippen molar-refractivity contribution in [1.29, 1.82) is 0 Å². The molecule has 4 heteroatoms. The summed E-state index contributed by atoms with van der Waals surface area (Å²) in [5, 5.41) is 15.6. The minimum absolute atomic E-state index is 0.180. The van der Waals surface area contributed by atoms with Crippen LogP contribution in [0, 0.1) is 16.7 Å². The smallest absolute Gasteiger partial charge is 0.226 e. The van der Waals surface area contributed by atoms with Crippen molar-refractivity contribution >= 4 is 16.8 Å². The first kappa shape index (κ1) is 17.3. The highest BCUT2D eigenvalue weighted by Gasteiger charge is 2.64. The van der Waals surface area contributed by atoms with Gasteiger partial charge in [0.25, 0.3) is 0 Å². The summed E-state index contributed by atoms with van der Waals surface area (Å²) >= 11 is 0. The number of nitrogens with one attached hydrogen (secondary N) is 1. The van der Waals surface area contributed by atoms with E-state index in [0.29, 0.717) is 18.9 Å². The van der Waals surface area contributed by atoms with Gasteiger partial charge in [0.05, 0.1) is 11.0 Å². The average Bonchev–Trinajstić information content (AvgIpc) is 3.03. The Morgan fingerprint density at radius 3 is 2.85 bits per heavy atom. The van der Waals surface area contributed by atoms with Gasteiger partial charge in [-0.3, -0.25) is 4.79 Å². The zero-order valence-corrected chi connectivity index (χ0v) is 16.2. The van der Waals surface area contributed by atoms with E-state index >= 15 is 0 Å². The van der Waals surface area contributed by atoms with Gasteiger partial charge in [0.2, 0.25) is 5.91 Å². The molecule has 0 spiro atoms. The van der Waals surface area contributed by atoms with Crippen LogP contribution in [0.3, 0.4) is 0 Å². The van der Waals surface area contributed by atoms with Crippen LogP contribution < -0.4 is 5.32 Å². The molecule has 4 atom stereocenters. The Labute approximate surface area is 160 Å². The molecule has 144 valence electrons. The molecule has 4 unspecified atom stereocenters. The van der Waals surface area contributed by atoms with Crippen LogP contribution in [0.15, 0.2) is 36.5 Å². The van der Waals surface area contributed by atoms with E-state index in [2.05, 4.69) is 53.3 Å². The second-order valence-electron chi connectivity index (χ2n) is 9.69. The molecular weight excluding hydrogens is 336 g/mol. The fourth-order valence-corrected chi connectivity index (χ4v) is 7.05. The minimum Gasteiger partial charge on any atom is -0.390 e. The number of hydrogen-bond acceptors (Lipinski definition) is 2.